The predicted molar refractivity (Wildman–Crippen MR) is 97.2 cm³/mol. The molecule has 6 rings (SSSR count). The number of carbonyl (C=O) groups excluding carboxylic acids is 1. The van der Waals surface area contributed by atoms with E-state index in [1.807, 2.05) is 0 Å². The van der Waals surface area contributed by atoms with Crippen LogP contribution in [0.1, 0.15) is 44.2 Å². The van der Waals surface area contributed by atoms with E-state index in [1.54, 1.807) is 6.92 Å². The van der Waals surface area contributed by atoms with Gasteiger partial charge in [-0.25, -0.2) is 0 Å². The molecular formula is C23H24O2. The maximum atomic E-state index is 11.9. The number of esters is 1. The van der Waals surface area contributed by atoms with E-state index < -0.39 is 0 Å². The van der Waals surface area contributed by atoms with Gasteiger partial charge in [0.25, 0.3) is 0 Å². The van der Waals surface area contributed by atoms with Gasteiger partial charge in [0.15, 0.2) is 0 Å². The van der Waals surface area contributed by atoms with Crippen LogP contribution in [0.4, 0.5) is 0 Å². The first-order valence-corrected chi connectivity index (χ1v) is 9.25. The third kappa shape index (κ3) is 1.51. The molecule has 2 nitrogen and oxygen atoms in total. The second-order valence-electron chi connectivity index (χ2n) is 8.61. The molecule has 6 atom stereocenters. The van der Waals surface area contributed by atoms with Gasteiger partial charge in [-0.05, 0) is 23.5 Å². The minimum Gasteiger partial charge on any atom is -0.461 e. The molecule has 0 heterocycles. The molecule has 128 valence electrons. The Balaban J connectivity index is 1.74. The molecule has 0 aromatic heterocycles. The van der Waals surface area contributed by atoms with Gasteiger partial charge >= 0.3 is 5.97 Å². The van der Waals surface area contributed by atoms with E-state index in [-0.39, 0.29) is 28.3 Å². The van der Waals surface area contributed by atoms with Gasteiger partial charge < -0.3 is 4.74 Å². The smallest absolute Gasteiger partial charge is 0.302 e. The molecular weight excluding hydrogens is 308 g/mol. The van der Waals surface area contributed by atoms with Crippen molar-refractivity contribution in [1.29, 1.82) is 0 Å². The van der Waals surface area contributed by atoms with Crippen molar-refractivity contribution in [3.8, 4) is 0 Å². The van der Waals surface area contributed by atoms with Crippen molar-refractivity contribution < 1.29 is 9.53 Å². The van der Waals surface area contributed by atoms with Crippen LogP contribution in [0.25, 0.3) is 0 Å². The quantitative estimate of drug-likeness (QED) is 0.762. The molecule has 2 aromatic carbocycles. The van der Waals surface area contributed by atoms with Gasteiger partial charge in [-0.1, -0.05) is 74.5 Å². The van der Waals surface area contributed by atoms with Crippen LogP contribution >= 0.6 is 0 Å². The van der Waals surface area contributed by atoms with Crippen LogP contribution in [-0.4, -0.2) is 12.1 Å². The molecule has 4 aliphatic carbocycles. The van der Waals surface area contributed by atoms with Crippen molar-refractivity contribution in [2.24, 2.45) is 16.7 Å². The van der Waals surface area contributed by atoms with E-state index in [1.165, 1.54) is 11.1 Å². The molecule has 2 aromatic rings. The largest absolute Gasteiger partial charge is 0.461 e. The summed E-state index contributed by atoms with van der Waals surface area (Å²) in [5, 5.41) is 0. The maximum Gasteiger partial charge on any atom is 0.302 e. The van der Waals surface area contributed by atoms with Crippen molar-refractivity contribution in [1.82, 2.24) is 0 Å². The van der Waals surface area contributed by atoms with E-state index in [0.29, 0.717) is 11.8 Å². The standard InChI is InChI=1S/C23H24O2/c1-15(24)25-20-21(2)14-18-22(20,3)23(18,17-12-8-5-9-13-17)19(21)16-10-6-4-7-11-16/h4-13,18-20H,14H2,1-3H3/t18-,19+,20-,21-,22-,23-/m0/s1. The zero-order valence-electron chi connectivity index (χ0n) is 15.0. The first-order valence-electron chi connectivity index (χ1n) is 9.25. The van der Waals surface area contributed by atoms with Crippen molar-refractivity contribution >= 4 is 5.97 Å². The number of benzene rings is 2. The summed E-state index contributed by atoms with van der Waals surface area (Å²) in [4.78, 5) is 11.9. The second kappa shape index (κ2) is 4.55. The van der Waals surface area contributed by atoms with Gasteiger partial charge in [-0.2, -0.15) is 0 Å². The topological polar surface area (TPSA) is 26.3 Å². The number of carbonyl (C=O) groups is 1. The third-order valence-electron chi connectivity index (χ3n) is 7.65. The lowest BCUT2D eigenvalue weighted by Crippen LogP contribution is -2.34. The van der Waals surface area contributed by atoms with Gasteiger partial charge in [0.2, 0.25) is 0 Å². The summed E-state index contributed by atoms with van der Waals surface area (Å²) in [6.45, 7) is 6.24. The Morgan fingerprint density at radius 1 is 1.00 bits per heavy atom. The molecule has 0 amide bonds. The first kappa shape index (κ1) is 15.2. The second-order valence-corrected chi connectivity index (χ2v) is 8.61. The van der Waals surface area contributed by atoms with E-state index in [4.69, 9.17) is 4.74 Å². The Morgan fingerprint density at radius 2 is 1.60 bits per heavy atom. The fraction of sp³-hybridized carbons (Fsp3) is 0.435. The maximum absolute atomic E-state index is 11.9. The average Bonchev–Trinajstić information content (AvgIpc) is 2.83. The van der Waals surface area contributed by atoms with Gasteiger partial charge in [-0.15, -0.1) is 0 Å². The van der Waals surface area contributed by atoms with Crippen molar-refractivity contribution in [3.05, 3.63) is 71.8 Å². The van der Waals surface area contributed by atoms with Crippen LogP contribution in [0.2, 0.25) is 0 Å². The Morgan fingerprint density at radius 3 is 2.20 bits per heavy atom. The van der Waals surface area contributed by atoms with E-state index in [9.17, 15) is 4.79 Å². The minimum absolute atomic E-state index is 0.00226. The molecule has 0 N–H and O–H groups in total. The van der Waals surface area contributed by atoms with E-state index in [0.717, 1.165) is 6.42 Å². The molecule has 25 heavy (non-hydrogen) atoms. The Hall–Kier alpha value is -2.09. The lowest BCUT2D eigenvalue weighted by atomic mass is 9.71. The predicted octanol–water partition coefficient (Wildman–Crippen LogP) is 4.70. The SMILES string of the molecule is CC(=O)O[C@H]1[C@@]2(C)C[C@H]3[C@]1(C)[C@]3(c1ccccc1)[C@@H]2c1ccccc1. The molecule has 4 fully saturated rings. The Kier molecular flexibility index (Phi) is 2.76. The lowest BCUT2D eigenvalue weighted by molar-refractivity contribution is -0.153. The summed E-state index contributed by atoms with van der Waals surface area (Å²) < 4.78 is 5.98. The van der Waals surface area contributed by atoms with Gasteiger partial charge in [0.1, 0.15) is 6.10 Å². The lowest BCUT2D eigenvalue weighted by Gasteiger charge is -2.34. The summed E-state index contributed by atoms with van der Waals surface area (Å²) in [5.41, 5.74) is 2.92. The van der Waals surface area contributed by atoms with E-state index >= 15 is 0 Å². The molecule has 0 unspecified atom stereocenters. The molecule has 2 heteroatoms. The van der Waals surface area contributed by atoms with Crippen LogP contribution in [0.3, 0.4) is 0 Å². The fourth-order valence-electron chi connectivity index (χ4n) is 7.18. The summed E-state index contributed by atoms with van der Waals surface area (Å²) in [6, 6.07) is 21.8. The highest BCUT2D eigenvalue weighted by Gasteiger charge is 2.95. The third-order valence-corrected chi connectivity index (χ3v) is 7.65. The van der Waals surface area contributed by atoms with Crippen LogP contribution in [0.5, 0.6) is 0 Å². The van der Waals surface area contributed by atoms with Gasteiger partial charge in [-0.3, -0.25) is 4.79 Å². The number of hydrogen-bond acceptors (Lipinski definition) is 2. The molecule has 0 saturated heterocycles. The van der Waals surface area contributed by atoms with Crippen molar-refractivity contribution in [2.75, 3.05) is 0 Å². The number of hydrogen-bond donors (Lipinski definition) is 0. The van der Waals surface area contributed by atoms with Crippen molar-refractivity contribution in [3.63, 3.8) is 0 Å². The first-order chi connectivity index (χ1) is 12.0. The monoisotopic (exact) mass is 332 g/mol. The molecule has 0 aliphatic heterocycles. The molecule has 0 spiro atoms. The summed E-state index contributed by atoms with van der Waals surface area (Å²) in [6.07, 6.45) is 1.13. The van der Waals surface area contributed by atoms with E-state index in [2.05, 4.69) is 74.5 Å². The average molecular weight is 332 g/mol. The normalized spacial score (nSPS) is 43.1. The highest BCUT2D eigenvalue weighted by atomic mass is 16.5. The molecule has 4 bridgehead atoms. The fourth-order valence-corrected chi connectivity index (χ4v) is 7.18. The van der Waals surface area contributed by atoms with Crippen LogP contribution < -0.4 is 0 Å². The highest BCUT2D eigenvalue weighted by molar-refractivity contribution is 5.68. The Bertz CT molecular complexity index is 841. The summed E-state index contributed by atoms with van der Waals surface area (Å²) in [7, 11) is 0. The van der Waals surface area contributed by atoms with Crippen LogP contribution in [0.15, 0.2) is 60.7 Å². The summed E-state index contributed by atoms with van der Waals surface area (Å²) >= 11 is 0. The van der Waals surface area contributed by atoms with Crippen LogP contribution in [0, 0.1) is 16.7 Å². The Labute approximate surface area is 149 Å². The molecule has 4 saturated carbocycles. The molecule has 4 aliphatic rings. The zero-order valence-corrected chi connectivity index (χ0v) is 15.0. The van der Waals surface area contributed by atoms with Crippen LogP contribution in [-0.2, 0) is 14.9 Å². The minimum atomic E-state index is -0.152. The van der Waals surface area contributed by atoms with Gasteiger partial charge in [0.05, 0.1) is 0 Å². The molecule has 0 radical (unpaired) electrons. The zero-order chi connectivity index (χ0) is 17.4. The van der Waals surface area contributed by atoms with Crippen molar-refractivity contribution in [2.45, 2.75) is 44.6 Å². The highest BCUT2D eigenvalue weighted by Crippen LogP contribution is 2.94. The number of rotatable bonds is 3. The number of ether oxygens (including phenoxy) is 1. The summed E-state index contributed by atoms with van der Waals surface area (Å²) in [5.74, 6) is 0.825. The van der Waals surface area contributed by atoms with Gasteiger partial charge in [0, 0.05) is 29.1 Å².